The van der Waals surface area contributed by atoms with Gasteiger partial charge < -0.3 is 30.6 Å². The van der Waals surface area contributed by atoms with E-state index in [1.165, 1.54) is 5.69 Å². The van der Waals surface area contributed by atoms with Gasteiger partial charge in [0.2, 0.25) is 5.95 Å². The van der Waals surface area contributed by atoms with Crippen molar-refractivity contribution in [2.24, 2.45) is 0 Å². The second-order valence-corrected chi connectivity index (χ2v) is 8.66. The van der Waals surface area contributed by atoms with E-state index in [-0.39, 0.29) is 24.3 Å². The smallest absolute Gasteiger partial charge is 0.399 e. The molecule has 0 radical (unpaired) electrons. The fourth-order valence-electron chi connectivity index (χ4n) is 3.70. The van der Waals surface area contributed by atoms with Gasteiger partial charge in [-0.15, -0.1) is 0 Å². The summed E-state index contributed by atoms with van der Waals surface area (Å²) in [5.41, 5.74) is 14.0. The van der Waals surface area contributed by atoms with Crippen LogP contribution < -0.4 is 26.7 Å². The number of nitrogens with two attached hydrogens (primary N) is 2. The van der Waals surface area contributed by atoms with Crippen LogP contribution in [0.25, 0.3) is 0 Å². The molecule has 0 spiro atoms. The lowest BCUT2D eigenvalue weighted by atomic mass is 9.79. The molecule has 2 aliphatic rings. The molecule has 2 aromatic rings. The maximum Gasteiger partial charge on any atom is 0.494 e. The van der Waals surface area contributed by atoms with E-state index in [0.717, 1.165) is 37.3 Å². The van der Waals surface area contributed by atoms with Crippen LogP contribution >= 0.6 is 0 Å². The highest BCUT2D eigenvalue weighted by molar-refractivity contribution is 6.62. The predicted molar refractivity (Wildman–Crippen MR) is 117 cm³/mol. The molecule has 1 aromatic carbocycles. The van der Waals surface area contributed by atoms with Gasteiger partial charge in [-0.25, -0.2) is 4.98 Å². The van der Waals surface area contributed by atoms with E-state index >= 15 is 0 Å². The van der Waals surface area contributed by atoms with Crippen molar-refractivity contribution >= 4 is 35.7 Å². The highest BCUT2D eigenvalue weighted by atomic mass is 16.7. The van der Waals surface area contributed by atoms with Crippen molar-refractivity contribution in [1.82, 2.24) is 9.97 Å². The number of hydrogen-bond acceptors (Lipinski definition) is 8. The van der Waals surface area contributed by atoms with Crippen LogP contribution in [0.2, 0.25) is 0 Å². The van der Waals surface area contributed by atoms with Crippen LogP contribution in [0.15, 0.2) is 30.5 Å². The summed E-state index contributed by atoms with van der Waals surface area (Å²) in [6.07, 6.45) is 1.70. The third-order valence-electron chi connectivity index (χ3n) is 6.20. The largest absolute Gasteiger partial charge is 0.494 e. The Morgan fingerprint density at radius 2 is 1.59 bits per heavy atom. The second kappa shape index (κ2) is 7.07. The third kappa shape index (κ3) is 3.72. The molecule has 8 nitrogen and oxygen atoms in total. The molecule has 0 saturated carbocycles. The van der Waals surface area contributed by atoms with Crippen LogP contribution in [-0.2, 0) is 9.31 Å². The molecule has 29 heavy (non-hydrogen) atoms. The summed E-state index contributed by atoms with van der Waals surface area (Å²) in [5, 5.41) is 0. The van der Waals surface area contributed by atoms with Gasteiger partial charge in [0, 0.05) is 31.9 Å². The normalized spacial score (nSPS) is 20.9. The molecule has 0 atom stereocenters. The first-order chi connectivity index (χ1) is 13.7. The summed E-state index contributed by atoms with van der Waals surface area (Å²) in [5.74, 6) is 0.623. The van der Waals surface area contributed by atoms with E-state index in [0.29, 0.717) is 5.82 Å². The minimum Gasteiger partial charge on any atom is -0.399 e. The molecular formula is C20H29BN6O2. The van der Waals surface area contributed by atoms with Crippen molar-refractivity contribution < 1.29 is 9.31 Å². The highest BCUT2D eigenvalue weighted by Gasteiger charge is 2.51. The van der Waals surface area contributed by atoms with Gasteiger partial charge in [-0.05, 0) is 45.3 Å². The van der Waals surface area contributed by atoms with Gasteiger partial charge in [-0.1, -0.05) is 12.1 Å². The van der Waals surface area contributed by atoms with Crippen LogP contribution in [0.4, 0.5) is 23.1 Å². The molecule has 0 bridgehead atoms. The van der Waals surface area contributed by atoms with E-state index in [1.807, 2.05) is 0 Å². The monoisotopic (exact) mass is 396 g/mol. The zero-order chi connectivity index (χ0) is 20.8. The number of aromatic nitrogens is 2. The Morgan fingerprint density at radius 3 is 2.21 bits per heavy atom. The van der Waals surface area contributed by atoms with E-state index in [9.17, 15) is 0 Å². The topological polar surface area (TPSA) is 103 Å². The number of anilines is 4. The lowest BCUT2D eigenvalue weighted by molar-refractivity contribution is 0.00578. The third-order valence-corrected chi connectivity index (χ3v) is 6.20. The lowest BCUT2D eigenvalue weighted by Gasteiger charge is -2.37. The summed E-state index contributed by atoms with van der Waals surface area (Å²) >= 11 is 0. The maximum absolute atomic E-state index is 6.20. The Hall–Kier alpha value is -2.52. The van der Waals surface area contributed by atoms with Gasteiger partial charge in [-0.2, -0.15) is 4.98 Å². The average Bonchev–Trinajstić information content (AvgIpc) is 2.90. The van der Waals surface area contributed by atoms with Crippen LogP contribution in [0.3, 0.4) is 0 Å². The Kier molecular flexibility index (Phi) is 4.82. The molecule has 1 aromatic heterocycles. The second-order valence-electron chi connectivity index (χ2n) is 8.66. The molecule has 2 aliphatic heterocycles. The molecule has 4 N–H and O–H groups in total. The number of piperazine rings is 1. The minimum absolute atomic E-state index is 0.199. The first-order valence-corrected chi connectivity index (χ1v) is 10.00. The molecule has 154 valence electrons. The number of nitrogens with zero attached hydrogens (tertiary/aromatic N) is 4. The molecule has 0 unspecified atom stereocenters. The van der Waals surface area contributed by atoms with Gasteiger partial charge in [0.25, 0.3) is 0 Å². The first-order valence-electron chi connectivity index (χ1n) is 10.00. The van der Waals surface area contributed by atoms with Gasteiger partial charge in [-0.3, -0.25) is 0 Å². The Morgan fingerprint density at radius 1 is 0.966 bits per heavy atom. The zero-order valence-corrected chi connectivity index (χ0v) is 17.6. The predicted octanol–water partition coefficient (Wildman–Crippen LogP) is 1.27. The van der Waals surface area contributed by atoms with Crippen molar-refractivity contribution in [3.05, 3.63) is 30.5 Å². The highest BCUT2D eigenvalue weighted by Crippen LogP contribution is 2.36. The fraction of sp³-hybridized carbons (Fsp3) is 0.500. The standard InChI is InChI=1S/C20H29BN6O2/c1-19(2)20(3,4)29-21(28-19)14-6-5-7-15(12-14)26-8-10-27(11-9-26)16-13-24-18(23)25-17(16)22/h5-7,12-13H,8-11H2,1-4H3,(H4,22,23,24,25). The lowest BCUT2D eigenvalue weighted by Crippen LogP contribution is -2.47. The van der Waals surface area contributed by atoms with Crippen molar-refractivity contribution in [1.29, 1.82) is 0 Å². The van der Waals surface area contributed by atoms with Crippen molar-refractivity contribution in [2.75, 3.05) is 47.4 Å². The SMILES string of the molecule is CC1(C)OB(c2cccc(N3CCN(c4cnc(N)nc4N)CC3)c2)OC1(C)C. The zero-order valence-electron chi connectivity index (χ0n) is 17.6. The van der Waals surface area contributed by atoms with Gasteiger partial charge in [0.1, 0.15) is 0 Å². The van der Waals surface area contributed by atoms with E-state index < -0.39 is 0 Å². The Bertz CT molecular complexity index is 882. The molecule has 4 rings (SSSR count). The number of rotatable bonds is 3. The van der Waals surface area contributed by atoms with Crippen LogP contribution in [-0.4, -0.2) is 54.5 Å². The molecule has 0 aliphatic carbocycles. The number of hydrogen-bond donors (Lipinski definition) is 2. The Labute approximate surface area is 172 Å². The number of benzene rings is 1. The number of nitrogen functional groups attached to an aromatic ring is 2. The quantitative estimate of drug-likeness (QED) is 0.748. The Balaban J connectivity index is 1.45. The average molecular weight is 396 g/mol. The van der Waals surface area contributed by atoms with Crippen LogP contribution in [0.1, 0.15) is 27.7 Å². The van der Waals surface area contributed by atoms with Gasteiger partial charge >= 0.3 is 7.12 Å². The first kappa shape index (κ1) is 19.8. The van der Waals surface area contributed by atoms with Crippen molar-refractivity contribution in [3.63, 3.8) is 0 Å². The van der Waals surface area contributed by atoms with Gasteiger partial charge in [0.05, 0.1) is 23.1 Å². The van der Waals surface area contributed by atoms with Crippen molar-refractivity contribution in [3.8, 4) is 0 Å². The molecule has 3 heterocycles. The summed E-state index contributed by atoms with van der Waals surface area (Å²) in [6.45, 7) is 11.7. The summed E-state index contributed by atoms with van der Waals surface area (Å²) in [7, 11) is -0.354. The van der Waals surface area contributed by atoms with Crippen LogP contribution in [0, 0.1) is 0 Å². The van der Waals surface area contributed by atoms with Crippen LogP contribution in [0.5, 0.6) is 0 Å². The summed E-state index contributed by atoms with van der Waals surface area (Å²) in [4.78, 5) is 12.7. The molecular weight excluding hydrogens is 367 g/mol. The maximum atomic E-state index is 6.20. The van der Waals surface area contributed by atoms with E-state index in [2.05, 4.69) is 71.7 Å². The fourth-order valence-corrected chi connectivity index (χ4v) is 3.70. The summed E-state index contributed by atoms with van der Waals surface area (Å²) in [6, 6.07) is 8.42. The molecule has 2 saturated heterocycles. The van der Waals surface area contributed by atoms with Gasteiger partial charge in [0.15, 0.2) is 5.82 Å². The molecule has 0 amide bonds. The molecule has 9 heteroatoms. The van der Waals surface area contributed by atoms with E-state index in [4.69, 9.17) is 20.8 Å². The van der Waals surface area contributed by atoms with Crippen molar-refractivity contribution in [2.45, 2.75) is 38.9 Å². The minimum atomic E-state index is -0.354. The molecule has 2 fully saturated rings. The van der Waals surface area contributed by atoms with E-state index in [1.54, 1.807) is 6.20 Å². The summed E-state index contributed by atoms with van der Waals surface area (Å²) < 4.78 is 12.4.